The zero-order valence-corrected chi connectivity index (χ0v) is 19.5. The molecule has 1 N–H and O–H groups in total. The van der Waals surface area contributed by atoms with Crippen molar-refractivity contribution in [1.29, 1.82) is 0 Å². The summed E-state index contributed by atoms with van der Waals surface area (Å²) in [5.74, 6) is 0.0940. The molecule has 1 heterocycles. The van der Waals surface area contributed by atoms with Crippen LogP contribution in [0.25, 0.3) is 11.3 Å². The predicted octanol–water partition coefficient (Wildman–Crippen LogP) is 4.68. The van der Waals surface area contributed by atoms with Crippen molar-refractivity contribution in [3.05, 3.63) is 59.2 Å². The Bertz CT molecular complexity index is 1190. The molecule has 0 aliphatic carbocycles. The van der Waals surface area contributed by atoms with Crippen molar-refractivity contribution >= 4 is 33.2 Å². The predicted molar refractivity (Wildman–Crippen MR) is 123 cm³/mol. The maximum atomic E-state index is 13.1. The summed E-state index contributed by atoms with van der Waals surface area (Å²) in [6.45, 7) is 6.22. The van der Waals surface area contributed by atoms with E-state index in [-0.39, 0.29) is 16.3 Å². The van der Waals surface area contributed by atoms with Crippen molar-refractivity contribution in [3.8, 4) is 17.1 Å². The van der Waals surface area contributed by atoms with Crippen molar-refractivity contribution in [2.45, 2.75) is 25.7 Å². The van der Waals surface area contributed by atoms with Crippen LogP contribution in [0, 0.1) is 0 Å². The Hall–Kier alpha value is -2.88. The highest BCUT2D eigenvalue weighted by Crippen LogP contribution is 2.30. The second kappa shape index (κ2) is 10.2. The van der Waals surface area contributed by atoms with Gasteiger partial charge in [0.05, 0.1) is 6.61 Å². The molecule has 3 rings (SSSR count). The van der Waals surface area contributed by atoms with Gasteiger partial charge in [0.1, 0.15) is 10.6 Å². The molecule has 0 unspecified atom stereocenters. The molecular weight excluding hydrogens is 454 g/mol. The van der Waals surface area contributed by atoms with Crippen LogP contribution in [-0.2, 0) is 10.0 Å². The molecule has 170 valence electrons. The summed E-state index contributed by atoms with van der Waals surface area (Å²) in [7, 11) is -3.80. The highest BCUT2D eigenvalue weighted by molar-refractivity contribution is 7.89. The summed E-state index contributed by atoms with van der Waals surface area (Å²) in [5, 5.41) is 7.06. The average molecular weight is 478 g/mol. The molecule has 8 nitrogen and oxygen atoms in total. The molecule has 0 aliphatic heterocycles. The van der Waals surface area contributed by atoms with Gasteiger partial charge in [0.15, 0.2) is 11.5 Å². The monoisotopic (exact) mass is 477 g/mol. The van der Waals surface area contributed by atoms with Crippen molar-refractivity contribution in [2.75, 3.05) is 25.0 Å². The number of rotatable bonds is 9. The van der Waals surface area contributed by atoms with Crippen LogP contribution < -0.4 is 10.1 Å². The lowest BCUT2D eigenvalue weighted by Crippen LogP contribution is -2.31. The Kier molecular flexibility index (Phi) is 7.55. The molecule has 0 atom stereocenters. The number of hydrogen-bond donors (Lipinski definition) is 1. The molecule has 2 aromatic carbocycles. The second-order valence-corrected chi connectivity index (χ2v) is 9.06. The third-order valence-corrected chi connectivity index (χ3v) is 7.02. The fourth-order valence-corrected chi connectivity index (χ4v) is 4.83. The van der Waals surface area contributed by atoms with E-state index in [1.807, 2.05) is 0 Å². The van der Waals surface area contributed by atoms with E-state index in [0.29, 0.717) is 36.2 Å². The molecule has 10 heteroatoms. The van der Waals surface area contributed by atoms with Gasteiger partial charge < -0.3 is 14.6 Å². The molecule has 1 aromatic heterocycles. The van der Waals surface area contributed by atoms with Crippen LogP contribution in [0.5, 0.6) is 5.75 Å². The number of amides is 1. The largest absolute Gasteiger partial charge is 0.492 e. The second-order valence-electron chi connectivity index (χ2n) is 6.72. The van der Waals surface area contributed by atoms with Crippen LogP contribution in [0.3, 0.4) is 0 Å². The number of anilines is 1. The van der Waals surface area contributed by atoms with E-state index in [1.165, 1.54) is 22.5 Å². The molecule has 3 aromatic rings. The number of sulfonamides is 1. The SMILES string of the molecule is CCOc1ccc(NC(=O)c2cc(-c3ccc(Cl)cc3)on2)cc1S(=O)(=O)N(CC)CC. The van der Waals surface area contributed by atoms with Crippen LogP contribution in [-0.4, -0.2) is 43.5 Å². The van der Waals surface area contributed by atoms with Gasteiger partial charge in [0, 0.05) is 35.4 Å². The first kappa shape index (κ1) is 23.8. The molecule has 0 bridgehead atoms. The first-order valence-corrected chi connectivity index (χ1v) is 11.9. The molecule has 0 fully saturated rings. The van der Waals surface area contributed by atoms with Gasteiger partial charge in [-0.1, -0.05) is 30.6 Å². The quantitative estimate of drug-likeness (QED) is 0.480. The van der Waals surface area contributed by atoms with Gasteiger partial charge in [-0.2, -0.15) is 4.31 Å². The first-order chi connectivity index (χ1) is 15.3. The number of nitrogens with one attached hydrogen (secondary N) is 1. The van der Waals surface area contributed by atoms with Crippen LogP contribution in [0.1, 0.15) is 31.3 Å². The third kappa shape index (κ3) is 5.12. The lowest BCUT2D eigenvalue weighted by Gasteiger charge is -2.21. The van der Waals surface area contributed by atoms with E-state index < -0.39 is 15.9 Å². The lowest BCUT2D eigenvalue weighted by molar-refractivity contribution is 0.101. The first-order valence-electron chi connectivity index (χ1n) is 10.1. The van der Waals surface area contributed by atoms with Gasteiger partial charge in [-0.15, -0.1) is 0 Å². The molecule has 32 heavy (non-hydrogen) atoms. The zero-order chi connectivity index (χ0) is 23.3. The number of carbonyl (C=O) groups is 1. The van der Waals surface area contributed by atoms with Crippen molar-refractivity contribution < 1.29 is 22.5 Å². The minimum atomic E-state index is -3.80. The number of carbonyl (C=O) groups excluding carboxylic acids is 1. The Labute approximate surface area is 192 Å². The van der Waals surface area contributed by atoms with Gasteiger partial charge in [-0.05, 0) is 49.4 Å². The standard InChI is InChI=1S/C22H24ClN3O5S/c1-4-26(5-2)32(28,29)21-13-17(11-12-19(21)30-6-3)24-22(27)18-14-20(31-25-18)15-7-9-16(23)10-8-15/h7-14H,4-6H2,1-3H3,(H,24,27). The van der Waals surface area contributed by atoms with Gasteiger partial charge in [0.25, 0.3) is 5.91 Å². The zero-order valence-electron chi connectivity index (χ0n) is 18.0. The topological polar surface area (TPSA) is 102 Å². The van der Waals surface area contributed by atoms with Gasteiger partial charge in [0.2, 0.25) is 10.0 Å². The highest BCUT2D eigenvalue weighted by Gasteiger charge is 2.26. The normalized spacial score (nSPS) is 11.5. The summed E-state index contributed by atoms with van der Waals surface area (Å²) < 4.78 is 38.3. The lowest BCUT2D eigenvalue weighted by atomic mass is 10.1. The van der Waals surface area contributed by atoms with E-state index in [0.717, 1.165) is 5.56 Å². The maximum absolute atomic E-state index is 13.1. The van der Waals surface area contributed by atoms with Crippen LogP contribution >= 0.6 is 11.6 Å². The number of halogens is 1. The molecule has 0 saturated heterocycles. The third-order valence-electron chi connectivity index (χ3n) is 4.70. The smallest absolute Gasteiger partial charge is 0.277 e. The van der Waals surface area contributed by atoms with E-state index in [2.05, 4.69) is 10.5 Å². The molecule has 0 radical (unpaired) electrons. The summed E-state index contributed by atoms with van der Waals surface area (Å²) in [4.78, 5) is 12.7. The summed E-state index contributed by atoms with van der Waals surface area (Å²) in [6, 6.07) is 12.9. The van der Waals surface area contributed by atoms with E-state index >= 15 is 0 Å². The van der Waals surface area contributed by atoms with Crippen LogP contribution in [0.2, 0.25) is 5.02 Å². The number of aromatic nitrogens is 1. The Morgan fingerprint density at radius 2 is 1.78 bits per heavy atom. The van der Waals surface area contributed by atoms with Crippen molar-refractivity contribution in [1.82, 2.24) is 9.46 Å². The molecule has 0 spiro atoms. The van der Waals surface area contributed by atoms with E-state index in [4.69, 9.17) is 20.9 Å². The van der Waals surface area contributed by atoms with Crippen LogP contribution in [0.15, 0.2) is 57.9 Å². The molecule has 0 saturated carbocycles. The van der Waals surface area contributed by atoms with Gasteiger partial charge in [-0.25, -0.2) is 8.42 Å². The fourth-order valence-electron chi connectivity index (χ4n) is 3.09. The Morgan fingerprint density at radius 1 is 1.09 bits per heavy atom. The maximum Gasteiger partial charge on any atom is 0.277 e. The average Bonchev–Trinajstić information content (AvgIpc) is 3.26. The summed E-state index contributed by atoms with van der Waals surface area (Å²) in [5.41, 5.74) is 1.06. The number of hydrogen-bond acceptors (Lipinski definition) is 6. The molecular formula is C22H24ClN3O5S. The fraction of sp³-hybridized carbons (Fsp3) is 0.273. The Morgan fingerprint density at radius 3 is 2.41 bits per heavy atom. The Balaban J connectivity index is 1.87. The van der Waals surface area contributed by atoms with E-state index in [9.17, 15) is 13.2 Å². The van der Waals surface area contributed by atoms with Crippen LogP contribution in [0.4, 0.5) is 5.69 Å². The van der Waals surface area contributed by atoms with Gasteiger partial charge in [-0.3, -0.25) is 4.79 Å². The number of nitrogens with zero attached hydrogens (tertiary/aromatic N) is 2. The van der Waals surface area contributed by atoms with Crippen molar-refractivity contribution in [2.24, 2.45) is 0 Å². The summed E-state index contributed by atoms with van der Waals surface area (Å²) in [6.07, 6.45) is 0. The number of ether oxygens (including phenoxy) is 1. The highest BCUT2D eigenvalue weighted by atomic mass is 35.5. The van der Waals surface area contributed by atoms with Crippen molar-refractivity contribution in [3.63, 3.8) is 0 Å². The minimum Gasteiger partial charge on any atom is -0.492 e. The van der Waals surface area contributed by atoms with E-state index in [1.54, 1.807) is 51.1 Å². The number of benzene rings is 2. The molecule has 1 amide bonds. The summed E-state index contributed by atoms with van der Waals surface area (Å²) >= 11 is 5.89. The molecule has 0 aliphatic rings. The van der Waals surface area contributed by atoms with Gasteiger partial charge >= 0.3 is 0 Å². The minimum absolute atomic E-state index is 0.0112.